The van der Waals surface area contributed by atoms with Gasteiger partial charge in [-0.2, -0.15) is 0 Å². The summed E-state index contributed by atoms with van der Waals surface area (Å²) in [6.07, 6.45) is 20.0. The van der Waals surface area contributed by atoms with Crippen molar-refractivity contribution in [3.05, 3.63) is 49.4 Å². The highest BCUT2D eigenvalue weighted by Crippen LogP contribution is 2.36. The van der Waals surface area contributed by atoms with Crippen LogP contribution in [0.1, 0.15) is 66.2 Å². The van der Waals surface area contributed by atoms with E-state index in [0.29, 0.717) is 75.1 Å². The zero-order chi connectivity index (χ0) is 27.4. The minimum absolute atomic E-state index is 0.306. The lowest BCUT2D eigenvalue weighted by Gasteiger charge is -2.35. The topological polar surface area (TPSA) is 72.5 Å². The molecule has 38 heavy (non-hydrogen) atoms. The molecule has 0 aliphatic heterocycles. The summed E-state index contributed by atoms with van der Waals surface area (Å²) in [7, 11) is 0. The number of allylic oxidation sites excluding steroid dienone is 4. The van der Waals surface area contributed by atoms with Crippen molar-refractivity contribution >= 4 is 6.16 Å². The van der Waals surface area contributed by atoms with E-state index in [4.69, 9.17) is 28.4 Å². The average molecular weight is 535 g/mol. The fraction of sp³-hybridized carbons (Fsp3) is 0.710. The van der Waals surface area contributed by atoms with Gasteiger partial charge < -0.3 is 28.4 Å². The van der Waals surface area contributed by atoms with E-state index in [-0.39, 0.29) is 0 Å². The van der Waals surface area contributed by atoms with Gasteiger partial charge in [-0.1, -0.05) is 24.3 Å². The first-order chi connectivity index (χ1) is 18.6. The van der Waals surface area contributed by atoms with Crippen LogP contribution in [0.4, 0.5) is 4.79 Å². The zero-order valence-corrected chi connectivity index (χ0v) is 23.9. The molecule has 0 amide bonds. The minimum atomic E-state index is -0.564. The second-order valence-electron chi connectivity index (χ2n) is 10.5. The maximum Gasteiger partial charge on any atom is 0.508 e. The van der Waals surface area contributed by atoms with E-state index < -0.39 is 6.16 Å². The minimum Gasteiger partial charge on any atom is -0.501 e. The number of hydrogen-bond donors (Lipinski definition) is 0. The van der Waals surface area contributed by atoms with Crippen molar-refractivity contribution in [1.29, 1.82) is 0 Å². The number of ether oxygens (including phenoxy) is 6. The van der Waals surface area contributed by atoms with Gasteiger partial charge in [-0.3, -0.25) is 0 Å². The van der Waals surface area contributed by atoms with Crippen molar-refractivity contribution in [2.24, 2.45) is 35.5 Å². The largest absolute Gasteiger partial charge is 0.508 e. The Kier molecular flexibility index (Phi) is 16.2. The molecule has 2 rings (SSSR count). The van der Waals surface area contributed by atoms with Crippen LogP contribution in [0.25, 0.3) is 0 Å². The molecule has 0 aromatic rings. The van der Waals surface area contributed by atoms with Gasteiger partial charge in [0.2, 0.25) is 0 Å². The highest BCUT2D eigenvalue weighted by Gasteiger charge is 2.33. The molecule has 7 nitrogen and oxygen atoms in total. The summed E-state index contributed by atoms with van der Waals surface area (Å²) in [6, 6.07) is 0. The molecular weight excluding hydrogens is 484 g/mol. The summed E-state index contributed by atoms with van der Waals surface area (Å²) in [4.78, 5) is 12.4. The van der Waals surface area contributed by atoms with Crippen LogP contribution in [0.3, 0.4) is 0 Å². The van der Waals surface area contributed by atoms with E-state index in [1.807, 2.05) is 52.0 Å². The maximum atomic E-state index is 12.4. The van der Waals surface area contributed by atoms with Crippen LogP contribution in [-0.4, -0.2) is 45.8 Å². The van der Waals surface area contributed by atoms with Gasteiger partial charge in [-0.15, -0.1) is 0 Å². The Morgan fingerprint density at radius 1 is 0.526 bits per heavy atom. The van der Waals surface area contributed by atoms with Crippen LogP contribution in [0.2, 0.25) is 0 Å². The summed E-state index contributed by atoms with van der Waals surface area (Å²) in [5, 5.41) is 0. The third-order valence-electron chi connectivity index (χ3n) is 7.54. The SMILES string of the molecule is CC=COCC1CCC(COC(=O)OCC2CCC(COC=CC)C(COC=CC)C2)CC1COC=CC. The Bertz CT molecular complexity index is 685. The molecule has 0 spiro atoms. The molecule has 2 fully saturated rings. The van der Waals surface area contributed by atoms with Crippen molar-refractivity contribution in [2.75, 3.05) is 39.6 Å². The average Bonchev–Trinajstić information content (AvgIpc) is 2.93. The van der Waals surface area contributed by atoms with E-state index in [1.54, 1.807) is 25.0 Å². The highest BCUT2D eigenvalue weighted by molar-refractivity contribution is 5.59. The van der Waals surface area contributed by atoms with E-state index in [9.17, 15) is 4.79 Å². The number of carbonyl (C=O) groups is 1. The van der Waals surface area contributed by atoms with Crippen molar-refractivity contribution in [2.45, 2.75) is 66.2 Å². The lowest BCUT2D eigenvalue weighted by molar-refractivity contribution is -0.00388. The number of rotatable bonds is 16. The van der Waals surface area contributed by atoms with Gasteiger partial charge in [0.25, 0.3) is 0 Å². The van der Waals surface area contributed by atoms with Crippen LogP contribution < -0.4 is 0 Å². The summed E-state index contributed by atoms with van der Waals surface area (Å²) >= 11 is 0. The van der Waals surface area contributed by atoms with Gasteiger partial charge >= 0.3 is 6.16 Å². The lowest BCUT2D eigenvalue weighted by Crippen LogP contribution is -2.33. The van der Waals surface area contributed by atoms with Crippen LogP contribution in [0.15, 0.2) is 49.4 Å². The number of carbonyl (C=O) groups excluding carboxylic acids is 1. The molecule has 6 unspecified atom stereocenters. The maximum absolute atomic E-state index is 12.4. The van der Waals surface area contributed by atoms with E-state index in [1.165, 1.54) is 0 Å². The van der Waals surface area contributed by atoms with Gasteiger partial charge in [0, 0.05) is 0 Å². The standard InChI is InChI=1S/C31H50O7/c1-5-13-33-21-27-11-9-25(17-29(27)23-35-15-7-3)19-37-31(32)38-20-26-10-12-28(22-34-14-6-2)30(18-26)24-36-16-8-4/h5-8,13-16,25-30H,9-12,17-24H2,1-4H3. The summed E-state index contributed by atoms with van der Waals surface area (Å²) in [5.74, 6) is 2.21. The summed E-state index contributed by atoms with van der Waals surface area (Å²) in [5.41, 5.74) is 0. The highest BCUT2D eigenvalue weighted by atomic mass is 16.7. The molecule has 2 saturated carbocycles. The van der Waals surface area contributed by atoms with Crippen molar-refractivity contribution in [3.63, 3.8) is 0 Å². The Hall–Kier alpha value is -2.57. The summed E-state index contributed by atoms with van der Waals surface area (Å²) in [6.45, 7) is 11.2. The third-order valence-corrected chi connectivity index (χ3v) is 7.54. The van der Waals surface area contributed by atoms with Crippen LogP contribution in [0, 0.1) is 35.5 Å². The number of hydrogen-bond acceptors (Lipinski definition) is 7. The van der Waals surface area contributed by atoms with Crippen molar-refractivity contribution in [3.8, 4) is 0 Å². The molecule has 2 aliphatic carbocycles. The van der Waals surface area contributed by atoms with Gasteiger partial charge in [0.15, 0.2) is 0 Å². The van der Waals surface area contributed by atoms with Crippen LogP contribution >= 0.6 is 0 Å². The van der Waals surface area contributed by atoms with E-state index in [2.05, 4.69) is 0 Å². The molecule has 0 aromatic carbocycles. The molecule has 7 heteroatoms. The Morgan fingerprint density at radius 3 is 1.21 bits per heavy atom. The van der Waals surface area contributed by atoms with Gasteiger partial charge in [0.05, 0.1) is 64.7 Å². The molecule has 0 aromatic heterocycles. The summed E-state index contributed by atoms with van der Waals surface area (Å²) < 4.78 is 33.8. The Morgan fingerprint density at radius 2 is 0.868 bits per heavy atom. The van der Waals surface area contributed by atoms with Crippen LogP contribution in [-0.2, 0) is 28.4 Å². The predicted octanol–water partition coefficient (Wildman–Crippen LogP) is 7.41. The van der Waals surface area contributed by atoms with E-state index >= 15 is 0 Å². The molecule has 0 heterocycles. The zero-order valence-electron chi connectivity index (χ0n) is 23.9. The molecule has 0 N–H and O–H groups in total. The smallest absolute Gasteiger partial charge is 0.501 e. The van der Waals surface area contributed by atoms with Crippen LogP contribution in [0.5, 0.6) is 0 Å². The van der Waals surface area contributed by atoms with Gasteiger partial charge in [-0.25, -0.2) is 4.79 Å². The third kappa shape index (κ3) is 12.3. The second kappa shape index (κ2) is 19.5. The Balaban J connectivity index is 1.76. The Labute approximate surface area is 230 Å². The normalized spacial score (nSPS) is 28.2. The molecule has 6 atom stereocenters. The molecule has 0 bridgehead atoms. The first kappa shape index (κ1) is 31.6. The quantitative estimate of drug-likeness (QED) is 0.151. The first-order valence-electron chi connectivity index (χ1n) is 14.3. The van der Waals surface area contributed by atoms with Crippen molar-refractivity contribution in [1.82, 2.24) is 0 Å². The molecule has 0 radical (unpaired) electrons. The van der Waals surface area contributed by atoms with Gasteiger partial charge in [0.1, 0.15) is 0 Å². The lowest BCUT2D eigenvalue weighted by atomic mass is 9.75. The van der Waals surface area contributed by atoms with Crippen molar-refractivity contribution < 1.29 is 33.2 Å². The molecular formula is C31H50O7. The predicted molar refractivity (Wildman–Crippen MR) is 149 cm³/mol. The fourth-order valence-electron chi connectivity index (χ4n) is 5.51. The van der Waals surface area contributed by atoms with Gasteiger partial charge in [-0.05, 0) is 102 Å². The van der Waals surface area contributed by atoms with E-state index in [0.717, 1.165) is 38.5 Å². The first-order valence-corrected chi connectivity index (χ1v) is 14.3. The molecule has 216 valence electrons. The monoisotopic (exact) mass is 534 g/mol. The molecule has 2 aliphatic rings. The fourth-order valence-corrected chi connectivity index (χ4v) is 5.51. The second-order valence-corrected chi connectivity index (χ2v) is 10.5. The molecule has 0 saturated heterocycles.